The van der Waals surface area contributed by atoms with E-state index in [1.165, 1.54) is 11.3 Å². The summed E-state index contributed by atoms with van der Waals surface area (Å²) in [5.74, 6) is 5.09. The molecule has 0 saturated heterocycles. The largest absolute Gasteiger partial charge is 0.370 e. The average molecular weight is 233 g/mol. The molecule has 0 aliphatic carbocycles. The molecule has 0 radical (unpaired) electrons. The van der Waals surface area contributed by atoms with E-state index in [4.69, 9.17) is 5.84 Å². The highest BCUT2D eigenvalue weighted by atomic mass is 16.2. The van der Waals surface area contributed by atoms with Crippen molar-refractivity contribution in [1.82, 2.24) is 5.43 Å². The van der Waals surface area contributed by atoms with Crippen LogP contribution < -0.4 is 16.2 Å². The molecule has 1 aromatic carbocycles. The number of nitrogens with one attached hydrogen (secondary N) is 1. The predicted molar refractivity (Wildman–Crippen MR) is 68.5 cm³/mol. The van der Waals surface area contributed by atoms with E-state index in [0.29, 0.717) is 6.54 Å². The molecule has 4 nitrogen and oxygen atoms in total. The molecule has 0 atom stereocenters. The summed E-state index contributed by atoms with van der Waals surface area (Å²) in [6, 6.07) is 8.34. The summed E-state index contributed by atoms with van der Waals surface area (Å²) in [5, 5.41) is 0. The summed E-state index contributed by atoms with van der Waals surface area (Å²) >= 11 is 0. The van der Waals surface area contributed by atoms with Crippen molar-refractivity contribution < 1.29 is 4.79 Å². The average Bonchev–Trinajstić information content (AvgIpc) is 2.71. The number of para-hydroxylation sites is 1. The van der Waals surface area contributed by atoms with Crippen LogP contribution in [0.15, 0.2) is 24.3 Å². The Morgan fingerprint density at radius 1 is 1.47 bits per heavy atom. The van der Waals surface area contributed by atoms with E-state index in [1.807, 2.05) is 19.9 Å². The number of rotatable bonds is 3. The highest BCUT2D eigenvalue weighted by molar-refractivity contribution is 5.82. The van der Waals surface area contributed by atoms with E-state index in [0.717, 1.165) is 13.0 Å². The van der Waals surface area contributed by atoms with Crippen LogP contribution >= 0.6 is 0 Å². The molecule has 4 heteroatoms. The van der Waals surface area contributed by atoms with Crippen molar-refractivity contribution in [3.8, 4) is 0 Å². The fraction of sp³-hybridized carbons (Fsp3) is 0.462. The molecule has 0 fully saturated rings. The second-order valence-corrected chi connectivity index (χ2v) is 5.16. The van der Waals surface area contributed by atoms with Crippen molar-refractivity contribution in [3.05, 3.63) is 29.8 Å². The Morgan fingerprint density at radius 2 is 2.18 bits per heavy atom. The fourth-order valence-corrected chi connectivity index (χ4v) is 2.32. The van der Waals surface area contributed by atoms with Gasteiger partial charge in [0.15, 0.2) is 0 Å². The van der Waals surface area contributed by atoms with Crippen LogP contribution in [-0.2, 0) is 11.2 Å². The van der Waals surface area contributed by atoms with Gasteiger partial charge in [-0.3, -0.25) is 10.2 Å². The van der Waals surface area contributed by atoms with Crippen LogP contribution in [0.1, 0.15) is 19.4 Å². The number of hydrazine groups is 1. The van der Waals surface area contributed by atoms with Crippen LogP contribution in [-0.4, -0.2) is 19.0 Å². The Morgan fingerprint density at radius 3 is 2.88 bits per heavy atom. The monoisotopic (exact) mass is 233 g/mol. The lowest BCUT2D eigenvalue weighted by Crippen LogP contribution is -2.47. The maximum absolute atomic E-state index is 11.7. The fourth-order valence-electron chi connectivity index (χ4n) is 2.32. The quantitative estimate of drug-likeness (QED) is 0.466. The first-order valence-electron chi connectivity index (χ1n) is 5.88. The Kier molecular flexibility index (Phi) is 3.07. The molecule has 3 N–H and O–H groups in total. The van der Waals surface area contributed by atoms with Gasteiger partial charge in [0.25, 0.3) is 0 Å². The number of hydrogen-bond acceptors (Lipinski definition) is 3. The molecule has 2 rings (SSSR count). The number of nitrogens with zero attached hydrogens (tertiary/aromatic N) is 1. The lowest BCUT2D eigenvalue weighted by molar-refractivity contribution is -0.128. The molecular formula is C13H19N3O. The molecule has 17 heavy (non-hydrogen) atoms. The number of anilines is 1. The van der Waals surface area contributed by atoms with E-state index in [-0.39, 0.29) is 5.91 Å². The van der Waals surface area contributed by atoms with Gasteiger partial charge in [-0.15, -0.1) is 0 Å². The minimum absolute atomic E-state index is 0.123. The van der Waals surface area contributed by atoms with Gasteiger partial charge in [0.2, 0.25) is 5.91 Å². The summed E-state index contributed by atoms with van der Waals surface area (Å²) in [6.45, 7) is 5.49. The third kappa shape index (κ3) is 2.26. The van der Waals surface area contributed by atoms with Gasteiger partial charge in [-0.2, -0.15) is 0 Å². The first kappa shape index (κ1) is 11.9. The van der Waals surface area contributed by atoms with Crippen molar-refractivity contribution in [1.29, 1.82) is 0 Å². The van der Waals surface area contributed by atoms with E-state index in [9.17, 15) is 4.79 Å². The maximum atomic E-state index is 11.7. The number of carbonyl (C=O) groups excluding carboxylic acids is 1. The van der Waals surface area contributed by atoms with E-state index in [1.54, 1.807) is 0 Å². The summed E-state index contributed by atoms with van der Waals surface area (Å²) in [5.41, 5.74) is 4.36. The van der Waals surface area contributed by atoms with Crippen LogP contribution in [0.25, 0.3) is 0 Å². The van der Waals surface area contributed by atoms with Gasteiger partial charge in [-0.05, 0) is 31.9 Å². The molecule has 0 aromatic heterocycles. The Balaban J connectivity index is 2.14. The maximum Gasteiger partial charge on any atom is 0.241 e. The van der Waals surface area contributed by atoms with E-state index < -0.39 is 5.41 Å². The van der Waals surface area contributed by atoms with Gasteiger partial charge in [0.1, 0.15) is 0 Å². The molecule has 0 bridgehead atoms. The molecule has 0 saturated carbocycles. The van der Waals surface area contributed by atoms with Crippen molar-refractivity contribution in [2.75, 3.05) is 18.0 Å². The molecular weight excluding hydrogens is 214 g/mol. The summed E-state index contributed by atoms with van der Waals surface area (Å²) in [6.07, 6.45) is 1.05. The van der Waals surface area contributed by atoms with Gasteiger partial charge < -0.3 is 4.90 Å². The highest BCUT2D eigenvalue weighted by Crippen LogP contribution is 2.30. The number of benzene rings is 1. The zero-order valence-corrected chi connectivity index (χ0v) is 10.4. The van der Waals surface area contributed by atoms with E-state index in [2.05, 4.69) is 28.5 Å². The molecule has 0 spiro atoms. The number of fused-ring (bicyclic) bond motifs is 1. The van der Waals surface area contributed by atoms with Gasteiger partial charge >= 0.3 is 0 Å². The Labute approximate surface area is 102 Å². The molecule has 1 aliphatic heterocycles. The predicted octanol–water partition coefficient (Wildman–Crippen LogP) is 1.07. The summed E-state index contributed by atoms with van der Waals surface area (Å²) in [7, 11) is 0. The molecule has 1 heterocycles. The third-order valence-electron chi connectivity index (χ3n) is 3.32. The standard InChI is InChI=1S/C13H19N3O/c1-13(2,12(17)15-14)9-16-8-7-10-5-3-4-6-11(10)16/h3-6H,7-9,14H2,1-2H3,(H,15,17). The van der Waals surface area contributed by atoms with Crippen LogP contribution in [0.5, 0.6) is 0 Å². The zero-order valence-electron chi connectivity index (χ0n) is 10.4. The SMILES string of the molecule is CC(C)(CN1CCc2ccccc21)C(=O)NN. The van der Waals surface area contributed by atoms with Gasteiger partial charge in [0, 0.05) is 18.8 Å². The van der Waals surface area contributed by atoms with Crippen LogP contribution in [0.4, 0.5) is 5.69 Å². The smallest absolute Gasteiger partial charge is 0.241 e. The third-order valence-corrected chi connectivity index (χ3v) is 3.32. The van der Waals surface area contributed by atoms with Gasteiger partial charge in [0.05, 0.1) is 5.41 Å². The second-order valence-electron chi connectivity index (χ2n) is 5.16. The van der Waals surface area contributed by atoms with Gasteiger partial charge in [-0.25, -0.2) is 5.84 Å². The second kappa shape index (κ2) is 4.37. The zero-order chi connectivity index (χ0) is 12.5. The molecule has 0 unspecified atom stereocenters. The molecule has 1 amide bonds. The topological polar surface area (TPSA) is 58.4 Å². The minimum Gasteiger partial charge on any atom is -0.370 e. The van der Waals surface area contributed by atoms with Crippen molar-refractivity contribution >= 4 is 11.6 Å². The van der Waals surface area contributed by atoms with Crippen LogP contribution in [0.3, 0.4) is 0 Å². The van der Waals surface area contributed by atoms with Gasteiger partial charge in [-0.1, -0.05) is 18.2 Å². The lowest BCUT2D eigenvalue weighted by atomic mass is 9.92. The highest BCUT2D eigenvalue weighted by Gasteiger charge is 2.31. The van der Waals surface area contributed by atoms with Crippen LogP contribution in [0, 0.1) is 5.41 Å². The summed E-state index contributed by atoms with van der Waals surface area (Å²) < 4.78 is 0. The van der Waals surface area contributed by atoms with Crippen LogP contribution in [0.2, 0.25) is 0 Å². The van der Waals surface area contributed by atoms with Crippen molar-refractivity contribution in [3.63, 3.8) is 0 Å². The number of amides is 1. The Bertz CT molecular complexity index is 428. The molecule has 1 aliphatic rings. The van der Waals surface area contributed by atoms with E-state index >= 15 is 0 Å². The minimum atomic E-state index is -0.480. The van der Waals surface area contributed by atoms with Crippen molar-refractivity contribution in [2.24, 2.45) is 11.3 Å². The lowest BCUT2D eigenvalue weighted by Gasteiger charge is -2.30. The molecule has 1 aromatic rings. The first-order chi connectivity index (χ1) is 8.04. The number of hydrogen-bond donors (Lipinski definition) is 2. The number of carbonyl (C=O) groups is 1. The summed E-state index contributed by atoms with van der Waals surface area (Å²) in [4.78, 5) is 13.9. The molecule has 92 valence electrons. The Hall–Kier alpha value is -1.55. The first-order valence-corrected chi connectivity index (χ1v) is 5.88. The normalized spacial score (nSPS) is 14.6. The number of nitrogens with two attached hydrogens (primary N) is 1. The van der Waals surface area contributed by atoms with Crippen molar-refractivity contribution in [2.45, 2.75) is 20.3 Å².